The van der Waals surface area contributed by atoms with E-state index in [0.29, 0.717) is 54.3 Å². The van der Waals surface area contributed by atoms with Gasteiger partial charge in [-0.05, 0) is 119 Å². The normalized spacial score (nSPS) is 14.8. The van der Waals surface area contributed by atoms with E-state index >= 15 is 0 Å². The van der Waals surface area contributed by atoms with Gasteiger partial charge in [-0.2, -0.15) is 0 Å². The van der Waals surface area contributed by atoms with Gasteiger partial charge in [0.15, 0.2) is 0 Å². The van der Waals surface area contributed by atoms with Gasteiger partial charge in [0.1, 0.15) is 66.2 Å². The lowest BCUT2D eigenvalue weighted by molar-refractivity contribution is -0.143. The van der Waals surface area contributed by atoms with Crippen molar-refractivity contribution in [1.29, 1.82) is 0 Å². The molecule has 3 rings (SSSR count). The number of phenols is 1. The average Bonchev–Trinajstić information content (AvgIpc) is 1.36. The number of aliphatic carboxylic acids is 3. The zero-order valence-corrected chi connectivity index (χ0v) is 56.9. The van der Waals surface area contributed by atoms with Crippen LogP contribution in [-0.2, 0) is 80.0 Å². The Morgan fingerprint density at radius 2 is 1.02 bits per heavy atom. The number of carbonyl (C=O) groups is 14. The molecule has 0 radical (unpaired) electrons. The number of amides is 11. The van der Waals surface area contributed by atoms with Crippen LogP contribution in [0.1, 0.15) is 123 Å². The molecule has 11 amide bonds. The van der Waals surface area contributed by atoms with Crippen LogP contribution in [-0.4, -0.2) is 217 Å². The number of carboxylic acids is 3. The fourth-order valence-corrected chi connectivity index (χ4v) is 10.2. The van der Waals surface area contributed by atoms with Gasteiger partial charge in [-0.3, -0.25) is 62.3 Å². The maximum atomic E-state index is 14.5. The summed E-state index contributed by atoms with van der Waals surface area (Å²) in [6, 6.07) is -4.65. The molecule has 554 valence electrons. The van der Waals surface area contributed by atoms with E-state index in [2.05, 4.69) is 63.5 Å². The van der Waals surface area contributed by atoms with Crippen LogP contribution in [0.4, 0.5) is 0 Å². The lowest BCUT2D eigenvalue weighted by atomic mass is 10.0. The number of fused-ring (bicyclic) bond motifs is 1. The quantitative estimate of drug-likeness (QED) is 0.0241. The molecule has 1 heterocycles. The minimum atomic E-state index is -1.94. The van der Waals surface area contributed by atoms with E-state index in [9.17, 15) is 97.8 Å². The number of hydrogen-bond acceptors (Lipinski definition) is 20. The first-order valence-corrected chi connectivity index (χ1v) is 32.9. The van der Waals surface area contributed by atoms with Gasteiger partial charge in [-0.25, -0.2) is 4.79 Å². The third-order valence-electron chi connectivity index (χ3n) is 15.8. The molecule has 0 fully saturated rings. The second kappa shape index (κ2) is 42.9. The number of unbranched alkanes of at least 4 members (excludes halogenated alkanes) is 2. The van der Waals surface area contributed by atoms with Crippen LogP contribution in [0.3, 0.4) is 0 Å². The average molecular weight is 1410 g/mol. The maximum absolute atomic E-state index is 14.5. The van der Waals surface area contributed by atoms with E-state index in [1.54, 1.807) is 38.1 Å². The van der Waals surface area contributed by atoms with Crippen LogP contribution in [0.15, 0.2) is 54.7 Å². The molecule has 35 heteroatoms. The largest absolute Gasteiger partial charge is 0.508 e. The fraction of sp³-hybridized carbons (Fsp3) is 0.569. The summed E-state index contributed by atoms with van der Waals surface area (Å²) in [5.41, 5.74) is 18.5. The SMILES string of the molecule is CC(C)C[C@H](NC(=O)CNC(=O)[C@H](CCC(=O)O)NC(=O)[C@H](Cc1ccc(O)cc1)NC(=O)[C@H](C)NC(=O)[C@@H](N)CCCCN)C(=O)N[C@H](C(=O)N[C@@H](Cc1c[nH]c2ccccc12)C(=O)N[C@@H](CCO)C(=O)N[C@@H](CC(=O)O)C(=O)N[C@H](C(=O)N[C@@H](CCCCN)C(=O)O)C(C)C)[C@@H](C)O. The summed E-state index contributed by atoms with van der Waals surface area (Å²) >= 11 is 0. The third-order valence-corrected chi connectivity index (χ3v) is 15.8. The molecule has 1 aromatic heterocycles. The van der Waals surface area contributed by atoms with Gasteiger partial charge in [-0.15, -0.1) is 0 Å². The monoisotopic (exact) mass is 1410 g/mol. The fourth-order valence-electron chi connectivity index (χ4n) is 10.2. The number of aliphatic hydroxyl groups excluding tert-OH is 2. The van der Waals surface area contributed by atoms with Crippen molar-refractivity contribution in [3.05, 3.63) is 65.9 Å². The number of rotatable bonds is 46. The highest BCUT2D eigenvalue weighted by molar-refractivity contribution is 6.00. The van der Waals surface area contributed by atoms with Gasteiger partial charge < -0.3 is 111 Å². The van der Waals surface area contributed by atoms with Crippen LogP contribution >= 0.6 is 0 Å². The zero-order chi connectivity index (χ0) is 74.9. The summed E-state index contributed by atoms with van der Waals surface area (Å²) in [7, 11) is 0. The van der Waals surface area contributed by atoms with Crippen LogP contribution in [0, 0.1) is 11.8 Å². The van der Waals surface area contributed by atoms with Crippen molar-refractivity contribution in [2.45, 2.75) is 198 Å². The Kier molecular flexibility index (Phi) is 36.2. The number of carbonyl (C=O) groups excluding carboxylic acids is 11. The van der Waals surface area contributed by atoms with Crippen LogP contribution in [0.5, 0.6) is 5.75 Å². The number of aromatic hydroxyl groups is 1. The molecular formula is C65H99N15O20. The Morgan fingerprint density at radius 1 is 0.500 bits per heavy atom. The van der Waals surface area contributed by atoms with Crippen LogP contribution in [0.25, 0.3) is 10.9 Å². The summed E-state index contributed by atoms with van der Waals surface area (Å²) in [4.78, 5) is 191. The Labute approximate surface area is 577 Å². The molecule has 0 saturated heterocycles. The van der Waals surface area contributed by atoms with Crippen molar-refractivity contribution < 1.29 is 97.8 Å². The smallest absolute Gasteiger partial charge is 0.326 e. The first-order valence-electron chi connectivity index (χ1n) is 32.9. The number of nitrogens with two attached hydrogens (primary N) is 3. The van der Waals surface area contributed by atoms with Crippen molar-refractivity contribution in [3.63, 3.8) is 0 Å². The van der Waals surface area contributed by atoms with Crippen LogP contribution < -0.4 is 75.7 Å². The van der Waals surface area contributed by atoms with E-state index in [4.69, 9.17) is 17.2 Å². The highest BCUT2D eigenvalue weighted by Crippen LogP contribution is 2.20. The molecule has 0 aliphatic rings. The number of H-pyrrole nitrogens is 1. The lowest BCUT2D eigenvalue weighted by Crippen LogP contribution is -2.62. The second-order valence-electron chi connectivity index (χ2n) is 25.0. The maximum Gasteiger partial charge on any atom is 0.326 e. The Morgan fingerprint density at radius 3 is 1.59 bits per heavy atom. The van der Waals surface area contributed by atoms with Gasteiger partial charge in [0.2, 0.25) is 65.0 Å². The molecule has 0 aliphatic carbocycles. The standard InChI is InChI=1S/C65H99N15O20/c1-33(2)27-46(72-50(84)32-70-57(91)43(21-22-51(85)86)73-59(93)47(28-37-17-19-39(83)20-18-37)76-55(89)35(5)71-56(90)41(68)14-9-11-24-66)61(95)80-54(36(6)82)64(98)78-48(29-38-31-69-42-15-8-7-13-40(38)42)60(94)74-44(23-26-81)58(92)77-49(30-52(87)88)62(96)79-53(34(3)4)63(97)75-45(65(99)100)16-10-12-25-67/h7-8,13,15,17-20,31,33-36,41,43-49,53-54,69,81-83H,9-12,14,16,21-30,32,66-68H2,1-6H3,(H,70,91)(H,71,90)(H,72,84)(H,73,93)(H,74,94)(H,75,97)(H,76,89)(H,77,92)(H,78,98)(H,79,96)(H,80,95)(H,85,86)(H,87,88)(H,99,100)/t35-,36+,41-,43-,44-,45-,46-,47-,48-,49-,53-,54-/m0/s1. The predicted molar refractivity (Wildman–Crippen MR) is 360 cm³/mol. The van der Waals surface area contributed by atoms with Gasteiger partial charge >= 0.3 is 17.9 Å². The van der Waals surface area contributed by atoms with E-state index < -0.39 is 200 Å². The first kappa shape index (κ1) is 84.4. The van der Waals surface area contributed by atoms with E-state index in [1.807, 2.05) is 0 Å². The number of nitrogens with one attached hydrogen (secondary N) is 12. The third kappa shape index (κ3) is 29.3. The lowest BCUT2D eigenvalue weighted by Gasteiger charge is -2.29. The molecule has 2 aromatic carbocycles. The summed E-state index contributed by atoms with van der Waals surface area (Å²) in [5.74, 6) is -16.8. The Bertz CT molecular complexity index is 3270. The number of benzene rings is 2. The molecule has 12 atom stereocenters. The second-order valence-corrected chi connectivity index (χ2v) is 25.0. The first-order chi connectivity index (χ1) is 47.2. The molecule has 35 nitrogen and oxygen atoms in total. The van der Waals surface area contributed by atoms with Gasteiger partial charge in [-0.1, -0.05) is 64.4 Å². The van der Waals surface area contributed by atoms with Gasteiger partial charge in [0.05, 0.1) is 25.1 Å². The molecule has 100 heavy (non-hydrogen) atoms. The summed E-state index contributed by atoms with van der Waals surface area (Å²) < 4.78 is 0. The zero-order valence-electron chi connectivity index (χ0n) is 56.9. The molecule has 0 saturated carbocycles. The van der Waals surface area contributed by atoms with Gasteiger partial charge in [0, 0.05) is 43.0 Å². The number of aliphatic hydroxyl groups is 2. The van der Waals surface area contributed by atoms with Crippen molar-refractivity contribution in [1.82, 2.24) is 63.5 Å². The highest BCUT2D eigenvalue weighted by atomic mass is 16.4. The molecule has 0 spiro atoms. The van der Waals surface area contributed by atoms with E-state index in [0.717, 1.165) is 6.92 Å². The molecular weight excluding hydrogens is 1310 g/mol. The minimum absolute atomic E-state index is 0.00118. The molecule has 0 unspecified atom stereocenters. The number of aromatic nitrogens is 1. The Hall–Kier alpha value is -9.84. The number of hydrogen-bond donors (Lipinski definition) is 21. The van der Waals surface area contributed by atoms with Gasteiger partial charge in [0.25, 0.3) is 0 Å². The number of phenolic OH excluding ortho intramolecular Hbond substituents is 1. The molecule has 0 bridgehead atoms. The number of para-hydroxylation sites is 1. The molecule has 24 N–H and O–H groups in total. The summed E-state index contributed by atoms with van der Waals surface area (Å²) in [6.45, 7) is 7.80. The molecule has 3 aromatic rings. The number of aromatic amines is 1. The Balaban J connectivity index is 1.88. The number of carboxylic acid groups (broad SMARTS) is 3. The van der Waals surface area contributed by atoms with Crippen molar-refractivity contribution in [3.8, 4) is 5.75 Å². The molecule has 0 aliphatic heterocycles. The topological polar surface area (TPSA) is 587 Å². The minimum Gasteiger partial charge on any atom is -0.508 e. The van der Waals surface area contributed by atoms with Crippen molar-refractivity contribution in [2.24, 2.45) is 29.0 Å². The highest BCUT2D eigenvalue weighted by Gasteiger charge is 2.38. The van der Waals surface area contributed by atoms with Crippen molar-refractivity contribution in [2.75, 3.05) is 26.2 Å². The summed E-state index contributed by atoms with van der Waals surface area (Å²) in [5, 5.41) is 87.3. The van der Waals surface area contributed by atoms with Crippen molar-refractivity contribution >= 4 is 93.8 Å². The van der Waals surface area contributed by atoms with E-state index in [1.165, 1.54) is 51.2 Å². The van der Waals surface area contributed by atoms with Crippen LogP contribution in [0.2, 0.25) is 0 Å². The summed E-state index contributed by atoms with van der Waals surface area (Å²) in [6.07, 6.45) is -1.56. The predicted octanol–water partition coefficient (Wildman–Crippen LogP) is -3.88. The van der Waals surface area contributed by atoms with E-state index in [-0.39, 0.29) is 50.3 Å².